The minimum atomic E-state index is -0.680. The summed E-state index contributed by atoms with van der Waals surface area (Å²) in [7, 11) is 0. The van der Waals surface area contributed by atoms with Crippen LogP contribution in [0.1, 0.15) is 12.5 Å². The number of hydrogen-bond acceptors (Lipinski definition) is 6. The van der Waals surface area contributed by atoms with Crippen molar-refractivity contribution in [1.82, 2.24) is 5.32 Å². The van der Waals surface area contributed by atoms with Crippen molar-refractivity contribution in [3.63, 3.8) is 0 Å². The van der Waals surface area contributed by atoms with E-state index >= 15 is 0 Å². The van der Waals surface area contributed by atoms with Crippen LogP contribution in [-0.4, -0.2) is 29.5 Å². The average Bonchev–Trinajstić information content (AvgIpc) is 3.44. The standard InChI is InChI=1S/C27H20N2O6/c1-4-14-17(5-2)28-24(30)21(14)20-13(3)12-19-16(10-11-34-26(20)32)23(27(33)35-19)22-15-8-6-7-9-18(15)29-25(22)31/h4-10,12-13,33H,1-2,11H2,3H3,(H,28,30)/b16-10+,19-12+,21-20+. The number of para-hydroxylation sites is 1. The molecule has 0 aliphatic carbocycles. The van der Waals surface area contributed by atoms with E-state index in [1.807, 2.05) is 0 Å². The number of amides is 2. The number of ether oxygens (including phenoxy) is 1. The highest BCUT2D eigenvalue weighted by Gasteiger charge is 2.34. The summed E-state index contributed by atoms with van der Waals surface area (Å²) in [6.45, 7) is 8.97. The van der Waals surface area contributed by atoms with E-state index < -0.39 is 29.6 Å². The number of cyclic esters (lactones) is 1. The molecule has 3 aliphatic heterocycles. The van der Waals surface area contributed by atoms with Crippen LogP contribution in [0, 0.1) is 5.92 Å². The molecule has 1 aromatic carbocycles. The second-order valence-corrected chi connectivity index (χ2v) is 8.11. The number of hydrogen-bond donors (Lipinski definition) is 2. The Labute approximate surface area is 198 Å². The number of aromatic hydroxyl groups is 1. The third-order valence-corrected chi connectivity index (χ3v) is 6.11. The lowest BCUT2D eigenvalue weighted by molar-refractivity contribution is -0.138. The fourth-order valence-corrected chi connectivity index (χ4v) is 4.58. The highest BCUT2D eigenvalue weighted by Crippen LogP contribution is 2.31. The first-order valence-electron chi connectivity index (χ1n) is 10.8. The second kappa shape index (κ2) is 8.25. The van der Waals surface area contributed by atoms with Crippen LogP contribution in [0.5, 0.6) is 5.95 Å². The number of rotatable bonds is 3. The fourth-order valence-electron chi connectivity index (χ4n) is 4.58. The van der Waals surface area contributed by atoms with E-state index in [1.54, 1.807) is 43.3 Å². The fraction of sp³-hybridized carbons (Fsp3) is 0.111. The SMILES string of the molecule is C=CC1=C(C=C)/C(=C2\C(=O)OC/C=c3/c(C4=c5ccccc5=NC4=O)c(O)o/c3=C/C2C)C(=O)N1. The van der Waals surface area contributed by atoms with E-state index in [4.69, 9.17) is 9.15 Å². The maximum atomic E-state index is 13.1. The van der Waals surface area contributed by atoms with Crippen molar-refractivity contribution >= 4 is 35.5 Å². The van der Waals surface area contributed by atoms with Gasteiger partial charge in [0, 0.05) is 27.6 Å². The number of carbonyl (C=O) groups excluding carboxylic acids is 3. The Balaban J connectivity index is 1.78. The lowest BCUT2D eigenvalue weighted by Crippen LogP contribution is -2.28. The molecular formula is C27H20N2O6. The minimum Gasteiger partial charge on any atom is -0.480 e. The molecule has 0 bridgehead atoms. The van der Waals surface area contributed by atoms with Crippen LogP contribution in [0.25, 0.3) is 17.7 Å². The average molecular weight is 468 g/mol. The first-order chi connectivity index (χ1) is 16.8. The molecule has 1 atom stereocenters. The van der Waals surface area contributed by atoms with Gasteiger partial charge in [-0.25, -0.2) is 9.79 Å². The van der Waals surface area contributed by atoms with Crippen molar-refractivity contribution in [2.24, 2.45) is 10.9 Å². The number of fused-ring (bicyclic) bond motifs is 2. The summed E-state index contributed by atoms with van der Waals surface area (Å²) < 4.78 is 11.1. The van der Waals surface area contributed by atoms with Gasteiger partial charge in [-0.05, 0) is 24.3 Å². The number of nitrogens with one attached hydrogen (secondary N) is 1. The summed E-state index contributed by atoms with van der Waals surface area (Å²) >= 11 is 0. The van der Waals surface area contributed by atoms with Crippen LogP contribution in [-0.2, 0) is 19.1 Å². The van der Waals surface area contributed by atoms with Gasteiger partial charge in [0.15, 0.2) is 0 Å². The van der Waals surface area contributed by atoms with Gasteiger partial charge in [0.25, 0.3) is 17.8 Å². The third kappa shape index (κ3) is 3.38. The smallest absolute Gasteiger partial charge is 0.335 e. The molecule has 2 amide bonds. The number of furan rings is 1. The summed E-state index contributed by atoms with van der Waals surface area (Å²) in [4.78, 5) is 42.7. The van der Waals surface area contributed by atoms with Crippen LogP contribution in [0.4, 0.5) is 0 Å². The van der Waals surface area contributed by atoms with Crippen molar-refractivity contribution in [2.75, 3.05) is 6.61 Å². The molecule has 0 saturated carbocycles. The van der Waals surface area contributed by atoms with Gasteiger partial charge in [-0.2, -0.15) is 0 Å². The van der Waals surface area contributed by atoms with Crippen LogP contribution < -0.4 is 26.5 Å². The summed E-state index contributed by atoms with van der Waals surface area (Å²) in [6, 6.07) is 6.98. The van der Waals surface area contributed by atoms with E-state index in [2.05, 4.69) is 23.5 Å². The van der Waals surface area contributed by atoms with Crippen molar-refractivity contribution in [3.8, 4) is 5.95 Å². The van der Waals surface area contributed by atoms with Crippen LogP contribution in [0.15, 0.2) is 81.4 Å². The summed E-state index contributed by atoms with van der Waals surface area (Å²) in [5, 5.41) is 14.9. The maximum absolute atomic E-state index is 13.1. The van der Waals surface area contributed by atoms with Gasteiger partial charge in [0.05, 0.1) is 27.6 Å². The molecule has 2 aromatic rings. The van der Waals surface area contributed by atoms with Crippen LogP contribution in [0.2, 0.25) is 0 Å². The zero-order chi connectivity index (χ0) is 24.9. The molecule has 3 aliphatic rings. The molecule has 8 nitrogen and oxygen atoms in total. The van der Waals surface area contributed by atoms with Crippen LogP contribution in [0.3, 0.4) is 0 Å². The zero-order valence-electron chi connectivity index (χ0n) is 18.8. The molecule has 1 unspecified atom stereocenters. The summed E-state index contributed by atoms with van der Waals surface area (Å²) in [5.41, 5.74) is 1.73. The lowest BCUT2D eigenvalue weighted by Gasteiger charge is -2.14. The Morgan fingerprint density at radius 2 is 1.91 bits per heavy atom. The zero-order valence-corrected chi connectivity index (χ0v) is 18.8. The van der Waals surface area contributed by atoms with Gasteiger partial charge >= 0.3 is 5.97 Å². The molecule has 2 N–H and O–H groups in total. The first kappa shape index (κ1) is 22.1. The molecule has 0 spiro atoms. The largest absolute Gasteiger partial charge is 0.480 e. The molecule has 0 fully saturated rings. The first-order valence-corrected chi connectivity index (χ1v) is 10.8. The third-order valence-electron chi connectivity index (χ3n) is 6.11. The van der Waals surface area contributed by atoms with Gasteiger partial charge in [-0.15, -0.1) is 0 Å². The van der Waals surface area contributed by atoms with Crippen molar-refractivity contribution < 1.29 is 28.6 Å². The Morgan fingerprint density at radius 1 is 1.14 bits per heavy atom. The normalized spacial score (nSPS) is 23.4. The van der Waals surface area contributed by atoms with Gasteiger partial charge in [0.2, 0.25) is 0 Å². The Bertz CT molecular complexity index is 1680. The van der Waals surface area contributed by atoms with Gasteiger partial charge < -0.3 is 19.6 Å². The number of benzene rings is 1. The highest BCUT2D eigenvalue weighted by molar-refractivity contribution is 6.21. The van der Waals surface area contributed by atoms with E-state index in [0.29, 0.717) is 27.1 Å². The second-order valence-electron chi connectivity index (χ2n) is 8.11. The number of nitrogens with zero attached hydrogens (tertiary/aromatic N) is 1. The molecular weight excluding hydrogens is 448 g/mol. The summed E-state index contributed by atoms with van der Waals surface area (Å²) in [5.74, 6) is -2.77. The predicted molar refractivity (Wildman–Crippen MR) is 126 cm³/mol. The minimum absolute atomic E-state index is 0.109. The number of esters is 1. The topological polar surface area (TPSA) is 118 Å². The Morgan fingerprint density at radius 3 is 2.66 bits per heavy atom. The monoisotopic (exact) mass is 468 g/mol. The van der Waals surface area contributed by atoms with Crippen molar-refractivity contribution in [2.45, 2.75) is 6.92 Å². The number of carbonyl (C=O) groups is 3. The molecule has 0 radical (unpaired) electrons. The summed E-state index contributed by atoms with van der Waals surface area (Å²) in [6.07, 6.45) is 6.10. The molecule has 35 heavy (non-hydrogen) atoms. The van der Waals surface area contributed by atoms with Gasteiger partial charge in [-0.1, -0.05) is 44.4 Å². The predicted octanol–water partition coefficient (Wildman–Crippen LogP) is 0.150. The quantitative estimate of drug-likeness (QED) is 0.489. The van der Waals surface area contributed by atoms with E-state index in [9.17, 15) is 19.5 Å². The van der Waals surface area contributed by atoms with Gasteiger partial charge in [0.1, 0.15) is 12.0 Å². The molecule has 4 heterocycles. The molecule has 8 heteroatoms. The molecule has 0 saturated heterocycles. The van der Waals surface area contributed by atoms with Crippen molar-refractivity contribution in [3.05, 3.63) is 98.8 Å². The van der Waals surface area contributed by atoms with E-state index in [0.717, 1.165) is 0 Å². The molecule has 174 valence electrons. The molecule has 5 rings (SSSR count). The highest BCUT2D eigenvalue weighted by atomic mass is 16.5. The van der Waals surface area contributed by atoms with Gasteiger partial charge in [-0.3, -0.25) is 9.59 Å². The Hall–Kier alpha value is -4.72. The molecule has 1 aromatic heterocycles. The van der Waals surface area contributed by atoms with Crippen LogP contribution >= 0.6 is 0 Å². The van der Waals surface area contributed by atoms with E-state index in [-0.39, 0.29) is 34.3 Å². The number of allylic oxidation sites excluding steroid dienone is 2. The van der Waals surface area contributed by atoms with Crippen molar-refractivity contribution in [1.29, 1.82) is 0 Å². The lowest BCUT2D eigenvalue weighted by atomic mass is 9.91. The Kier molecular flexibility index (Phi) is 5.21. The van der Waals surface area contributed by atoms with E-state index in [1.165, 1.54) is 12.2 Å². The maximum Gasteiger partial charge on any atom is 0.335 e.